The van der Waals surface area contributed by atoms with Crippen LogP contribution in [-0.4, -0.2) is 66.7 Å². The van der Waals surface area contributed by atoms with Crippen molar-refractivity contribution in [3.63, 3.8) is 0 Å². The maximum atomic E-state index is 12.7. The van der Waals surface area contributed by atoms with Crippen LogP contribution in [0.5, 0.6) is 0 Å². The van der Waals surface area contributed by atoms with Crippen LogP contribution in [0.4, 0.5) is 5.69 Å². The average Bonchev–Trinajstić information content (AvgIpc) is 2.90. The zero-order valence-corrected chi connectivity index (χ0v) is 17.4. The first-order valence-electron chi connectivity index (χ1n) is 10.2. The number of methoxy groups -OCH3 is 1. The summed E-state index contributed by atoms with van der Waals surface area (Å²) in [5.41, 5.74) is 1.37. The zero-order chi connectivity index (χ0) is 22.0. The normalized spacial score (nSPS) is 17.2. The van der Waals surface area contributed by atoms with E-state index in [4.69, 9.17) is 14.3 Å². The van der Waals surface area contributed by atoms with Gasteiger partial charge in [-0.3, -0.25) is 9.69 Å². The molecule has 1 aromatic heterocycles. The Morgan fingerprint density at radius 3 is 2.45 bits per heavy atom. The molecular weight excluding hydrogens is 400 g/mol. The highest BCUT2D eigenvalue weighted by Gasteiger charge is 2.19. The van der Waals surface area contributed by atoms with Gasteiger partial charge in [0, 0.05) is 56.5 Å². The molecule has 3 N–H and O–H groups in total. The van der Waals surface area contributed by atoms with Crippen molar-refractivity contribution in [2.45, 2.75) is 6.42 Å². The van der Waals surface area contributed by atoms with Gasteiger partial charge in [-0.2, -0.15) is 0 Å². The lowest BCUT2D eigenvalue weighted by molar-refractivity contribution is 0.189. The van der Waals surface area contributed by atoms with E-state index in [0.29, 0.717) is 17.9 Å². The third kappa shape index (κ3) is 4.17. The van der Waals surface area contributed by atoms with Crippen LogP contribution in [0, 0.1) is 0 Å². The topological polar surface area (TPSA) is 107 Å². The predicted molar refractivity (Wildman–Crippen MR) is 117 cm³/mol. The first-order chi connectivity index (χ1) is 15.0. The molecule has 0 spiro atoms. The number of rotatable bonds is 5. The van der Waals surface area contributed by atoms with E-state index in [1.165, 1.54) is 19.3 Å². The molecular formula is C23H26N2O6. The van der Waals surface area contributed by atoms with Gasteiger partial charge in [-0.1, -0.05) is 0 Å². The molecule has 0 atom stereocenters. The van der Waals surface area contributed by atoms with Crippen LogP contribution in [0.3, 0.4) is 0 Å². The minimum atomic E-state index is -0.407. The van der Waals surface area contributed by atoms with E-state index in [2.05, 4.69) is 9.80 Å². The smallest absolute Gasteiger partial charge is 0.204 e. The fourth-order valence-electron chi connectivity index (χ4n) is 3.98. The molecule has 164 valence electrons. The number of aliphatic hydroxyl groups excluding tert-OH is 3. The Kier molecular flexibility index (Phi) is 6.01. The van der Waals surface area contributed by atoms with E-state index in [0.717, 1.165) is 31.9 Å². The third-order valence-electron chi connectivity index (χ3n) is 5.67. The number of nitrogens with zero attached hydrogens (tertiary/aromatic N) is 2. The van der Waals surface area contributed by atoms with Gasteiger partial charge in [0.05, 0.1) is 13.7 Å². The molecule has 2 heterocycles. The molecule has 1 fully saturated rings. The second-order valence-corrected chi connectivity index (χ2v) is 7.55. The van der Waals surface area contributed by atoms with E-state index in [1.807, 2.05) is 24.3 Å². The highest BCUT2D eigenvalue weighted by Crippen LogP contribution is 2.23. The van der Waals surface area contributed by atoms with Crippen LogP contribution in [-0.2, 0) is 4.74 Å². The third-order valence-corrected chi connectivity index (χ3v) is 5.67. The van der Waals surface area contributed by atoms with Crippen LogP contribution in [0.25, 0.3) is 22.8 Å². The van der Waals surface area contributed by atoms with Crippen molar-refractivity contribution in [3.8, 4) is 11.3 Å². The number of fused-ring (bicyclic) bond motifs is 1. The molecule has 2 aliphatic rings. The maximum Gasteiger partial charge on any atom is 0.204 e. The second-order valence-electron chi connectivity index (χ2n) is 7.55. The van der Waals surface area contributed by atoms with E-state index in [-0.39, 0.29) is 40.9 Å². The van der Waals surface area contributed by atoms with Crippen molar-refractivity contribution in [1.29, 1.82) is 0 Å². The summed E-state index contributed by atoms with van der Waals surface area (Å²) in [6, 6.07) is 9.05. The van der Waals surface area contributed by atoms with Gasteiger partial charge < -0.3 is 29.4 Å². The average molecular weight is 426 g/mol. The van der Waals surface area contributed by atoms with Gasteiger partial charge in [0.1, 0.15) is 16.7 Å². The Morgan fingerprint density at radius 1 is 1.10 bits per heavy atom. The summed E-state index contributed by atoms with van der Waals surface area (Å²) in [5, 5.41) is 29.5. The molecule has 4 rings (SSSR count). The van der Waals surface area contributed by atoms with Crippen LogP contribution >= 0.6 is 0 Å². The molecule has 8 heteroatoms. The van der Waals surface area contributed by atoms with Crippen molar-refractivity contribution in [2.24, 2.45) is 0 Å². The number of β-amino-alcohol motifs (C(OH)–C–C–N with tert-alkyl or cyclic N) is 1. The lowest BCUT2D eigenvalue weighted by Gasteiger charge is -2.35. The van der Waals surface area contributed by atoms with Crippen molar-refractivity contribution in [2.75, 3.05) is 51.3 Å². The Hall–Kier alpha value is -3.23. The van der Waals surface area contributed by atoms with Gasteiger partial charge in [-0.15, -0.1) is 0 Å². The van der Waals surface area contributed by atoms with E-state index in [1.54, 1.807) is 0 Å². The number of aliphatic hydroxyl groups is 3. The van der Waals surface area contributed by atoms with E-state index < -0.39 is 5.43 Å². The summed E-state index contributed by atoms with van der Waals surface area (Å²) in [5.74, 6) is -0.0381. The van der Waals surface area contributed by atoms with E-state index in [9.17, 15) is 15.0 Å². The van der Waals surface area contributed by atoms with Crippen LogP contribution < -0.4 is 21.0 Å². The maximum absolute atomic E-state index is 12.7. The van der Waals surface area contributed by atoms with Gasteiger partial charge in [0.25, 0.3) is 0 Å². The molecule has 1 saturated heterocycles. The number of hydrogen-bond acceptors (Lipinski definition) is 8. The summed E-state index contributed by atoms with van der Waals surface area (Å²) in [6.45, 7) is 4.41. The van der Waals surface area contributed by atoms with Crippen LogP contribution in [0.15, 0.2) is 51.4 Å². The number of hydrogen-bond donors (Lipinski definition) is 3. The highest BCUT2D eigenvalue weighted by atomic mass is 16.5. The molecule has 0 radical (unpaired) electrons. The van der Waals surface area contributed by atoms with Crippen LogP contribution in [0.2, 0.25) is 0 Å². The molecule has 0 unspecified atom stereocenters. The largest absolute Gasteiger partial charge is 0.511 e. The van der Waals surface area contributed by atoms with Gasteiger partial charge in [-0.25, -0.2) is 0 Å². The summed E-state index contributed by atoms with van der Waals surface area (Å²) in [4.78, 5) is 17.2. The molecule has 8 nitrogen and oxygen atoms in total. The zero-order valence-electron chi connectivity index (χ0n) is 17.4. The molecule has 0 amide bonds. The van der Waals surface area contributed by atoms with Gasteiger partial charge in [-0.05, 0) is 30.3 Å². The number of benzene rings is 1. The van der Waals surface area contributed by atoms with Crippen molar-refractivity contribution < 1.29 is 24.5 Å². The first-order valence-corrected chi connectivity index (χ1v) is 10.2. The Morgan fingerprint density at radius 2 is 1.81 bits per heavy atom. The van der Waals surface area contributed by atoms with Gasteiger partial charge in [0.15, 0.2) is 16.6 Å². The molecule has 2 aromatic rings. The number of ether oxygens (including phenoxy) is 1. The highest BCUT2D eigenvalue weighted by molar-refractivity contribution is 5.63. The monoisotopic (exact) mass is 426 g/mol. The van der Waals surface area contributed by atoms with Gasteiger partial charge >= 0.3 is 0 Å². The Bertz CT molecular complexity index is 1160. The van der Waals surface area contributed by atoms with E-state index >= 15 is 0 Å². The second kappa shape index (κ2) is 8.87. The Labute approximate surface area is 179 Å². The van der Waals surface area contributed by atoms with Gasteiger partial charge in [0.2, 0.25) is 5.76 Å². The first kappa shape index (κ1) is 21.0. The quantitative estimate of drug-likeness (QED) is 0.641. The summed E-state index contributed by atoms with van der Waals surface area (Å²) in [6.07, 6.45) is 1.38. The standard InChI is InChI=1S/C23H26N2O6/c1-30-22-18(28)7-6-17(27)21-19(29)14-20(31-23(21)22)15-2-4-16(5-3-15)25-10-8-24(9-11-25)12-13-26/h2-5,7,14,26-28H,6,8-13H2,1H3. The SMILES string of the molecule is COC1=c2oc(-c3ccc(N4CCN(CCO)CC4)cc3)cc(=O)c2=C(O)CC=C1O. The van der Waals surface area contributed by atoms with Crippen molar-refractivity contribution in [1.82, 2.24) is 4.90 Å². The fraction of sp³-hybridized carbons (Fsp3) is 0.348. The summed E-state index contributed by atoms with van der Waals surface area (Å²) < 4.78 is 11.2. The van der Waals surface area contributed by atoms with Crippen LogP contribution in [0.1, 0.15) is 6.42 Å². The Balaban J connectivity index is 1.68. The van der Waals surface area contributed by atoms with Crippen molar-refractivity contribution >= 4 is 17.2 Å². The molecule has 1 aliphatic heterocycles. The number of piperazine rings is 1. The molecule has 1 aliphatic carbocycles. The minimum Gasteiger partial charge on any atom is -0.511 e. The molecule has 0 saturated carbocycles. The fourth-order valence-corrected chi connectivity index (χ4v) is 3.98. The molecule has 31 heavy (non-hydrogen) atoms. The lowest BCUT2D eigenvalue weighted by atomic mass is 10.1. The van der Waals surface area contributed by atoms with Crippen molar-refractivity contribution in [3.05, 3.63) is 63.0 Å². The molecule has 0 bridgehead atoms. The molecule has 1 aromatic carbocycles. The summed E-state index contributed by atoms with van der Waals surface area (Å²) in [7, 11) is 1.37. The number of anilines is 1. The predicted octanol–water partition coefficient (Wildman–Crippen LogP) is 0.688. The minimum absolute atomic E-state index is 0.00160. The summed E-state index contributed by atoms with van der Waals surface area (Å²) >= 11 is 0. The lowest BCUT2D eigenvalue weighted by Crippen LogP contribution is -2.47.